The maximum absolute atomic E-state index is 13.0. The third-order valence-electron chi connectivity index (χ3n) is 3.39. The molecule has 0 radical (unpaired) electrons. The van der Waals surface area contributed by atoms with E-state index in [2.05, 4.69) is 23.7 Å². The lowest BCUT2D eigenvalue weighted by Gasteiger charge is -2.35. The van der Waals surface area contributed by atoms with Crippen LogP contribution in [0.4, 0.5) is 4.39 Å². The monoisotopic (exact) mass is 320 g/mol. The molecule has 2 rings (SSSR count). The van der Waals surface area contributed by atoms with E-state index in [1.165, 1.54) is 11.1 Å². The van der Waals surface area contributed by atoms with Crippen molar-refractivity contribution < 1.29 is 4.39 Å². The van der Waals surface area contributed by atoms with Crippen molar-refractivity contribution in [3.8, 4) is 0 Å². The number of halogens is 3. The van der Waals surface area contributed by atoms with Crippen LogP contribution in [0.1, 0.15) is 24.9 Å². The molecule has 0 saturated carbocycles. The molecule has 1 aliphatic rings. The second-order valence-corrected chi connectivity index (χ2v) is 5.01. The van der Waals surface area contributed by atoms with E-state index in [0.717, 1.165) is 32.6 Å². The average Bonchev–Trinajstić information content (AvgIpc) is 2.38. The highest BCUT2D eigenvalue weighted by atomic mass is 35.5. The molecule has 1 atom stereocenters. The maximum Gasteiger partial charge on any atom is 0.123 e. The van der Waals surface area contributed by atoms with Crippen molar-refractivity contribution in [1.82, 2.24) is 10.2 Å². The van der Waals surface area contributed by atoms with E-state index in [1.807, 2.05) is 12.1 Å². The third kappa shape index (κ3) is 5.41. The van der Waals surface area contributed by atoms with Crippen molar-refractivity contribution in [3.63, 3.8) is 0 Å². The first-order valence-electron chi connectivity index (χ1n) is 6.51. The highest BCUT2D eigenvalue weighted by Crippen LogP contribution is 2.27. The fourth-order valence-electron chi connectivity index (χ4n) is 2.47. The molecule has 0 bridgehead atoms. The summed E-state index contributed by atoms with van der Waals surface area (Å²) in [6, 6.07) is 7.20. The van der Waals surface area contributed by atoms with Crippen molar-refractivity contribution in [2.45, 2.75) is 19.4 Å². The van der Waals surface area contributed by atoms with E-state index in [9.17, 15) is 4.39 Å². The molecule has 0 amide bonds. The van der Waals surface area contributed by atoms with Crippen molar-refractivity contribution in [1.29, 1.82) is 0 Å². The van der Waals surface area contributed by atoms with Crippen LogP contribution in [0.2, 0.25) is 0 Å². The Hall–Kier alpha value is -0.610. The Morgan fingerprint density at radius 1 is 1.25 bits per heavy atom. The molecule has 5 heteroatoms. The summed E-state index contributed by atoms with van der Waals surface area (Å²) < 4.78 is 13.0. The summed E-state index contributed by atoms with van der Waals surface area (Å²) >= 11 is 0. The van der Waals surface area contributed by atoms with Crippen LogP contribution in [0.15, 0.2) is 36.4 Å². The third-order valence-corrected chi connectivity index (χ3v) is 3.39. The summed E-state index contributed by atoms with van der Waals surface area (Å²) in [5.74, 6) is -0.173. The first kappa shape index (κ1) is 19.4. The summed E-state index contributed by atoms with van der Waals surface area (Å²) in [5, 5.41) is 3.36. The minimum atomic E-state index is -0.173. The van der Waals surface area contributed by atoms with Gasteiger partial charge in [0.2, 0.25) is 0 Å². The fraction of sp³-hybridized carbons (Fsp3) is 0.467. The van der Waals surface area contributed by atoms with Crippen molar-refractivity contribution in [2.24, 2.45) is 0 Å². The van der Waals surface area contributed by atoms with E-state index in [4.69, 9.17) is 0 Å². The molecular formula is C15H23Cl2FN2. The molecule has 1 aromatic carbocycles. The van der Waals surface area contributed by atoms with E-state index >= 15 is 0 Å². The van der Waals surface area contributed by atoms with Crippen LogP contribution >= 0.6 is 24.8 Å². The SMILES string of the molecule is C=C(C)C[C@@H](c1ccc(F)cc1)N1CCNCC1.Cl.Cl. The van der Waals surface area contributed by atoms with Crippen LogP contribution in [0.3, 0.4) is 0 Å². The number of hydrogen-bond donors (Lipinski definition) is 1. The Morgan fingerprint density at radius 2 is 1.80 bits per heavy atom. The number of hydrogen-bond acceptors (Lipinski definition) is 2. The topological polar surface area (TPSA) is 15.3 Å². The zero-order valence-electron chi connectivity index (χ0n) is 11.8. The minimum absolute atomic E-state index is 0. The van der Waals surface area contributed by atoms with Gasteiger partial charge in [-0.3, -0.25) is 4.90 Å². The predicted molar refractivity (Wildman–Crippen MR) is 87.5 cm³/mol. The summed E-state index contributed by atoms with van der Waals surface area (Å²) in [6.07, 6.45) is 0.936. The standard InChI is InChI=1S/C15H21FN2.2ClH/c1-12(2)11-15(18-9-7-17-8-10-18)13-3-5-14(16)6-4-13;;/h3-6,15,17H,1,7-11H2,2H3;2*1H/t15-;;/m0../s1. The Labute approximate surface area is 133 Å². The predicted octanol–water partition coefficient (Wildman–Crippen LogP) is 3.58. The minimum Gasteiger partial charge on any atom is -0.314 e. The number of benzene rings is 1. The van der Waals surface area contributed by atoms with Crippen molar-refractivity contribution in [3.05, 3.63) is 47.8 Å². The maximum atomic E-state index is 13.0. The highest BCUT2D eigenvalue weighted by Gasteiger charge is 2.21. The van der Waals surface area contributed by atoms with Gasteiger partial charge in [0.25, 0.3) is 0 Å². The quantitative estimate of drug-likeness (QED) is 0.853. The number of rotatable bonds is 4. The first-order chi connectivity index (χ1) is 8.66. The van der Waals surface area contributed by atoms with E-state index < -0.39 is 0 Å². The van der Waals surface area contributed by atoms with Gasteiger partial charge in [0, 0.05) is 32.2 Å². The number of piperazine rings is 1. The fourth-order valence-corrected chi connectivity index (χ4v) is 2.47. The van der Waals surface area contributed by atoms with Gasteiger partial charge in [-0.2, -0.15) is 0 Å². The molecule has 20 heavy (non-hydrogen) atoms. The molecular weight excluding hydrogens is 298 g/mol. The molecule has 0 unspecified atom stereocenters. The van der Waals surface area contributed by atoms with Crippen LogP contribution < -0.4 is 5.32 Å². The van der Waals surface area contributed by atoms with E-state index in [1.54, 1.807) is 12.1 Å². The lowest BCUT2D eigenvalue weighted by molar-refractivity contribution is 0.172. The van der Waals surface area contributed by atoms with Crippen molar-refractivity contribution in [2.75, 3.05) is 26.2 Å². The Kier molecular flexibility index (Phi) is 9.06. The number of nitrogens with one attached hydrogen (secondary N) is 1. The summed E-state index contributed by atoms with van der Waals surface area (Å²) in [7, 11) is 0. The largest absolute Gasteiger partial charge is 0.314 e. The molecule has 1 fully saturated rings. The Balaban J connectivity index is 0.00000180. The Bertz CT molecular complexity index is 403. The van der Waals surface area contributed by atoms with Gasteiger partial charge in [-0.15, -0.1) is 31.4 Å². The van der Waals surface area contributed by atoms with Gasteiger partial charge in [0.1, 0.15) is 5.82 Å². The lowest BCUT2D eigenvalue weighted by Crippen LogP contribution is -2.45. The van der Waals surface area contributed by atoms with Crippen molar-refractivity contribution >= 4 is 24.8 Å². The van der Waals surface area contributed by atoms with E-state index in [0.29, 0.717) is 6.04 Å². The summed E-state index contributed by atoms with van der Waals surface area (Å²) in [6.45, 7) is 10.2. The van der Waals surface area contributed by atoms with Gasteiger partial charge >= 0.3 is 0 Å². The number of nitrogens with zero attached hydrogens (tertiary/aromatic N) is 1. The summed E-state index contributed by atoms with van der Waals surface area (Å²) in [5.41, 5.74) is 2.35. The molecule has 0 aliphatic carbocycles. The molecule has 1 N–H and O–H groups in total. The zero-order chi connectivity index (χ0) is 13.0. The van der Waals surface area contributed by atoms with Crippen LogP contribution in [0, 0.1) is 5.82 Å². The molecule has 1 heterocycles. The zero-order valence-corrected chi connectivity index (χ0v) is 13.4. The average molecular weight is 321 g/mol. The van der Waals surface area contributed by atoms with Gasteiger partial charge in [0.05, 0.1) is 0 Å². The van der Waals surface area contributed by atoms with Gasteiger partial charge in [-0.1, -0.05) is 17.7 Å². The van der Waals surface area contributed by atoms with Gasteiger partial charge in [0.15, 0.2) is 0 Å². The van der Waals surface area contributed by atoms with Gasteiger partial charge in [-0.05, 0) is 31.0 Å². The molecule has 1 saturated heterocycles. The van der Waals surface area contributed by atoms with E-state index in [-0.39, 0.29) is 30.6 Å². The smallest absolute Gasteiger partial charge is 0.123 e. The van der Waals surface area contributed by atoms with Crippen LogP contribution in [0.5, 0.6) is 0 Å². The second-order valence-electron chi connectivity index (χ2n) is 5.01. The first-order valence-corrected chi connectivity index (χ1v) is 6.51. The molecule has 0 spiro atoms. The second kappa shape index (κ2) is 9.35. The molecule has 1 aromatic rings. The Morgan fingerprint density at radius 3 is 2.30 bits per heavy atom. The lowest BCUT2D eigenvalue weighted by atomic mass is 9.98. The highest BCUT2D eigenvalue weighted by molar-refractivity contribution is 5.85. The normalized spacial score (nSPS) is 16.7. The van der Waals surface area contributed by atoms with Gasteiger partial charge in [-0.25, -0.2) is 4.39 Å². The van der Waals surface area contributed by atoms with Crippen LogP contribution in [-0.2, 0) is 0 Å². The van der Waals surface area contributed by atoms with Gasteiger partial charge < -0.3 is 5.32 Å². The molecule has 114 valence electrons. The van der Waals surface area contributed by atoms with Crippen LogP contribution in [0.25, 0.3) is 0 Å². The molecule has 0 aromatic heterocycles. The molecule has 1 aliphatic heterocycles. The van der Waals surface area contributed by atoms with Crippen LogP contribution in [-0.4, -0.2) is 31.1 Å². The summed E-state index contributed by atoms with van der Waals surface area (Å²) in [4.78, 5) is 2.46. The molecule has 2 nitrogen and oxygen atoms in total.